The average Bonchev–Trinajstić information content (AvgIpc) is 2.60. The first-order valence-corrected chi connectivity index (χ1v) is 7.86. The van der Waals surface area contributed by atoms with E-state index in [0.29, 0.717) is 17.3 Å². The van der Waals surface area contributed by atoms with Crippen LogP contribution < -0.4 is 15.6 Å². The van der Waals surface area contributed by atoms with Gasteiger partial charge in [-0.15, -0.1) is 0 Å². The number of hydrogen-bond donors (Lipinski definition) is 1. The third-order valence-electron chi connectivity index (χ3n) is 3.74. The van der Waals surface area contributed by atoms with E-state index in [9.17, 15) is 18.0 Å². The molecule has 0 unspecified atom stereocenters. The zero-order valence-electron chi connectivity index (χ0n) is 14.5. The predicted molar refractivity (Wildman–Crippen MR) is 92.7 cm³/mol. The van der Waals surface area contributed by atoms with Crippen LogP contribution in [-0.4, -0.2) is 21.6 Å². The van der Waals surface area contributed by atoms with Crippen LogP contribution in [0.25, 0.3) is 0 Å². The number of anilines is 2. The van der Waals surface area contributed by atoms with Gasteiger partial charge < -0.3 is 14.6 Å². The van der Waals surface area contributed by atoms with Crippen molar-refractivity contribution in [2.45, 2.75) is 13.5 Å². The topological polar surface area (TPSA) is 69.0 Å². The van der Waals surface area contributed by atoms with Crippen molar-refractivity contribution in [3.05, 3.63) is 75.6 Å². The monoisotopic (exact) mass is 376 g/mol. The number of nitrogens with zero attached hydrogens (tertiary/aromatic N) is 3. The third kappa shape index (κ3) is 4.25. The van der Waals surface area contributed by atoms with E-state index in [2.05, 4.69) is 15.3 Å². The van der Waals surface area contributed by atoms with Gasteiger partial charge in [-0.25, -0.2) is 13.8 Å². The number of aryl methyl sites for hydroxylation is 1. The van der Waals surface area contributed by atoms with Gasteiger partial charge in [0.25, 0.3) is 0 Å². The van der Waals surface area contributed by atoms with Crippen LogP contribution in [0.15, 0.2) is 41.3 Å². The minimum absolute atomic E-state index is 0.00105. The molecule has 27 heavy (non-hydrogen) atoms. The first-order valence-electron chi connectivity index (χ1n) is 7.86. The Morgan fingerprint density at radius 3 is 2.44 bits per heavy atom. The Hall–Kier alpha value is -3.36. The van der Waals surface area contributed by atoms with Gasteiger partial charge in [0, 0.05) is 18.3 Å². The summed E-state index contributed by atoms with van der Waals surface area (Å²) in [5.41, 5.74) is 0.244. The molecule has 140 valence electrons. The first-order chi connectivity index (χ1) is 12.9. The quantitative estimate of drug-likeness (QED) is 0.741. The molecule has 9 heteroatoms. The summed E-state index contributed by atoms with van der Waals surface area (Å²) in [6.45, 7) is 1.60. The molecule has 0 saturated carbocycles. The molecular weight excluding hydrogens is 361 g/mol. The summed E-state index contributed by atoms with van der Waals surface area (Å²) in [5.74, 6) is -2.20. The first kappa shape index (κ1) is 18.4. The molecule has 6 nitrogen and oxygen atoms in total. The Kier molecular flexibility index (Phi) is 5.11. The van der Waals surface area contributed by atoms with E-state index in [0.717, 1.165) is 24.4 Å². The SMILES string of the molecule is COc1ccc(Nc2nc(=O)c(F)cn2Cc2cc(F)cc(F)c2)c(C)n1. The van der Waals surface area contributed by atoms with Gasteiger partial charge in [-0.05, 0) is 30.7 Å². The average molecular weight is 376 g/mol. The molecule has 0 fully saturated rings. The molecule has 0 aliphatic carbocycles. The predicted octanol–water partition coefficient (Wildman–Crippen LogP) is 3.16. The van der Waals surface area contributed by atoms with Gasteiger partial charge in [0.2, 0.25) is 17.6 Å². The number of nitrogens with one attached hydrogen (secondary N) is 1. The van der Waals surface area contributed by atoms with E-state index in [4.69, 9.17) is 4.74 Å². The van der Waals surface area contributed by atoms with Gasteiger partial charge in [0.15, 0.2) is 0 Å². The normalized spacial score (nSPS) is 10.7. The summed E-state index contributed by atoms with van der Waals surface area (Å²) in [6, 6.07) is 6.22. The molecule has 0 aliphatic heterocycles. The van der Waals surface area contributed by atoms with Crippen molar-refractivity contribution in [2.75, 3.05) is 12.4 Å². The van der Waals surface area contributed by atoms with Crippen LogP contribution in [0.1, 0.15) is 11.3 Å². The lowest BCUT2D eigenvalue weighted by molar-refractivity contribution is 0.397. The number of aromatic nitrogens is 3. The molecular formula is C18H15F3N4O2. The van der Waals surface area contributed by atoms with Gasteiger partial charge in [-0.1, -0.05) is 0 Å². The summed E-state index contributed by atoms with van der Waals surface area (Å²) in [7, 11) is 1.48. The second-order valence-electron chi connectivity index (χ2n) is 5.73. The Balaban J connectivity index is 1.99. The molecule has 1 N–H and O–H groups in total. The Bertz CT molecular complexity index is 1030. The number of pyridine rings is 1. The highest BCUT2D eigenvalue weighted by Gasteiger charge is 2.12. The number of hydrogen-bond acceptors (Lipinski definition) is 5. The second-order valence-corrected chi connectivity index (χ2v) is 5.73. The molecule has 1 aromatic carbocycles. The summed E-state index contributed by atoms with van der Waals surface area (Å²) in [6.07, 6.45) is 0.923. The van der Waals surface area contributed by atoms with Crippen molar-refractivity contribution in [1.82, 2.24) is 14.5 Å². The fraction of sp³-hybridized carbons (Fsp3) is 0.167. The van der Waals surface area contributed by atoms with E-state index >= 15 is 0 Å². The number of rotatable bonds is 5. The highest BCUT2D eigenvalue weighted by molar-refractivity contribution is 5.57. The van der Waals surface area contributed by atoms with E-state index < -0.39 is 23.0 Å². The maximum Gasteiger partial charge on any atom is 0.310 e. The minimum atomic E-state index is -1.08. The number of methoxy groups -OCH3 is 1. The van der Waals surface area contributed by atoms with Crippen molar-refractivity contribution in [2.24, 2.45) is 0 Å². The van der Waals surface area contributed by atoms with Crippen LogP contribution in [0, 0.1) is 24.4 Å². The molecule has 3 rings (SSSR count). The molecule has 3 aromatic rings. The van der Waals surface area contributed by atoms with Crippen molar-refractivity contribution in [3.8, 4) is 5.88 Å². The number of benzene rings is 1. The summed E-state index contributed by atoms with van der Waals surface area (Å²) in [5, 5.41) is 2.89. The van der Waals surface area contributed by atoms with Gasteiger partial charge in [-0.3, -0.25) is 4.79 Å². The maximum atomic E-state index is 13.7. The van der Waals surface area contributed by atoms with Crippen LogP contribution in [-0.2, 0) is 6.54 Å². The molecule has 0 amide bonds. The Labute approximate surface area is 152 Å². The molecule has 2 aromatic heterocycles. The number of halogens is 3. The molecule has 0 radical (unpaired) electrons. The fourth-order valence-electron chi connectivity index (χ4n) is 2.49. The zero-order valence-corrected chi connectivity index (χ0v) is 14.5. The molecule has 0 bridgehead atoms. The largest absolute Gasteiger partial charge is 0.481 e. The van der Waals surface area contributed by atoms with E-state index in [1.807, 2.05) is 0 Å². The lowest BCUT2D eigenvalue weighted by atomic mass is 10.2. The van der Waals surface area contributed by atoms with Gasteiger partial charge in [-0.2, -0.15) is 9.37 Å². The summed E-state index contributed by atoms with van der Waals surface area (Å²) in [4.78, 5) is 19.5. The standard InChI is InChI=1S/C18H15F3N4O2/c1-10-15(3-4-16(22-10)27-2)23-18-24-17(26)14(21)9-25(18)8-11-5-12(19)7-13(20)6-11/h3-7,9H,8H2,1-2H3,(H,23,24,26). The maximum absolute atomic E-state index is 13.7. The third-order valence-corrected chi connectivity index (χ3v) is 3.74. The van der Waals surface area contributed by atoms with Crippen molar-refractivity contribution >= 4 is 11.6 Å². The zero-order chi connectivity index (χ0) is 19.6. The molecule has 0 spiro atoms. The van der Waals surface area contributed by atoms with Crippen molar-refractivity contribution in [1.29, 1.82) is 0 Å². The summed E-state index contributed by atoms with van der Waals surface area (Å²) >= 11 is 0. The molecule has 0 aliphatic rings. The number of ether oxygens (including phenoxy) is 1. The Morgan fingerprint density at radius 1 is 1.11 bits per heavy atom. The molecule has 0 saturated heterocycles. The highest BCUT2D eigenvalue weighted by atomic mass is 19.1. The van der Waals surface area contributed by atoms with Crippen molar-refractivity contribution in [3.63, 3.8) is 0 Å². The lowest BCUT2D eigenvalue weighted by Crippen LogP contribution is -2.20. The van der Waals surface area contributed by atoms with E-state index in [-0.39, 0.29) is 18.1 Å². The van der Waals surface area contributed by atoms with Crippen LogP contribution in [0.2, 0.25) is 0 Å². The van der Waals surface area contributed by atoms with Crippen LogP contribution in [0.5, 0.6) is 5.88 Å². The second kappa shape index (κ2) is 7.48. The lowest BCUT2D eigenvalue weighted by Gasteiger charge is -2.15. The van der Waals surface area contributed by atoms with E-state index in [1.165, 1.54) is 11.7 Å². The smallest absolute Gasteiger partial charge is 0.310 e. The Morgan fingerprint density at radius 2 is 1.81 bits per heavy atom. The minimum Gasteiger partial charge on any atom is -0.481 e. The van der Waals surface area contributed by atoms with Gasteiger partial charge in [0.05, 0.1) is 25.0 Å². The van der Waals surface area contributed by atoms with Gasteiger partial charge in [0.1, 0.15) is 11.6 Å². The van der Waals surface area contributed by atoms with E-state index in [1.54, 1.807) is 19.1 Å². The fourth-order valence-corrected chi connectivity index (χ4v) is 2.49. The van der Waals surface area contributed by atoms with Crippen molar-refractivity contribution < 1.29 is 17.9 Å². The van der Waals surface area contributed by atoms with Crippen LogP contribution in [0.4, 0.5) is 24.8 Å². The molecule has 2 heterocycles. The van der Waals surface area contributed by atoms with Gasteiger partial charge >= 0.3 is 5.56 Å². The van der Waals surface area contributed by atoms with Crippen LogP contribution >= 0.6 is 0 Å². The highest BCUT2D eigenvalue weighted by Crippen LogP contribution is 2.21. The van der Waals surface area contributed by atoms with Crippen LogP contribution in [0.3, 0.4) is 0 Å². The summed E-state index contributed by atoms with van der Waals surface area (Å²) < 4.78 is 46.9. The molecule has 0 atom stereocenters.